The Kier molecular flexibility index (Phi) is 7.50. The van der Waals surface area contributed by atoms with Crippen LogP contribution in [-0.4, -0.2) is 67.0 Å². The zero-order valence-corrected chi connectivity index (χ0v) is 22.1. The molecule has 9 nitrogen and oxygen atoms in total. The normalized spacial score (nSPS) is 18.2. The fraction of sp³-hybridized carbons (Fsp3) is 0.370. The number of hydrogen-bond donors (Lipinski definition) is 3. The Morgan fingerprint density at radius 3 is 2.68 bits per heavy atom. The summed E-state index contributed by atoms with van der Waals surface area (Å²) in [7, 11) is -1.52. The molecule has 5 rings (SSSR count). The first kappa shape index (κ1) is 25.3. The van der Waals surface area contributed by atoms with Crippen molar-refractivity contribution in [2.24, 2.45) is 0 Å². The van der Waals surface area contributed by atoms with E-state index in [0.29, 0.717) is 18.9 Å². The number of fused-ring (bicyclic) bond motifs is 1. The molecular weight excluding hydrogens is 486 g/mol. The van der Waals surface area contributed by atoms with E-state index in [0.717, 1.165) is 58.7 Å². The molecule has 37 heavy (non-hydrogen) atoms. The van der Waals surface area contributed by atoms with Gasteiger partial charge in [0.05, 0.1) is 10.8 Å². The van der Waals surface area contributed by atoms with Gasteiger partial charge in [-0.25, -0.2) is 18.1 Å². The Hall–Kier alpha value is -3.34. The highest BCUT2D eigenvalue weighted by atomic mass is 32.2. The maximum absolute atomic E-state index is 12.7. The topological polar surface area (TPSA) is 112 Å². The molecule has 194 valence electrons. The highest BCUT2D eigenvalue weighted by Crippen LogP contribution is 2.28. The molecule has 1 fully saturated rings. The lowest BCUT2D eigenvalue weighted by atomic mass is 10.0. The third kappa shape index (κ3) is 5.98. The maximum atomic E-state index is 12.7. The fourth-order valence-electron chi connectivity index (χ4n) is 4.80. The number of benzene rings is 2. The van der Waals surface area contributed by atoms with Crippen LogP contribution in [0.2, 0.25) is 0 Å². The Balaban J connectivity index is 1.23. The molecule has 1 unspecified atom stereocenters. The van der Waals surface area contributed by atoms with Crippen molar-refractivity contribution in [1.29, 1.82) is 0 Å². The van der Waals surface area contributed by atoms with Gasteiger partial charge in [0.15, 0.2) is 0 Å². The third-order valence-electron chi connectivity index (χ3n) is 6.88. The van der Waals surface area contributed by atoms with Gasteiger partial charge in [-0.05, 0) is 86.3 Å². The van der Waals surface area contributed by atoms with Crippen molar-refractivity contribution >= 4 is 32.7 Å². The van der Waals surface area contributed by atoms with Gasteiger partial charge in [-0.3, -0.25) is 0 Å². The highest BCUT2D eigenvalue weighted by molar-refractivity contribution is 7.90. The van der Waals surface area contributed by atoms with E-state index in [4.69, 9.17) is 0 Å². The summed E-state index contributed by atoms with van der Waals surface area (Å²) in [4.78, 5) is 6.97. The molecule has 1 saturated heterocycles. The van der Waals surface area contributed by atoms with E-state index >= 15 is 0 Å². The Morgan fingerprint density at radius 1 is 1.08 bits per heavy atom. The molecule has 0 amide bonds. The second kappa shape index (κ2) is 11.0. The van der Waals surface area contributed by atoms with E-state index < -0.39 is 15.3 Å². The van der Waals surface area contributed by atoms with E-state index in [9.17, 15) is 8.42 Å². The smallest absolute Gasteiger partial charge is 0.247 e. The molecule has 1 aliphatic heterocycles. The van der Waals surface area contributed by atoms with Gasteiger partial charge in [0.2, 0.25) is 16.0 Å². The summed E-state index contributed by atoms with van der Waals surface area (Å²) >= 11 is 0. The summed E-state index contributed by atoms with van der Waals surface area (Å²) in [6, 6.07) is 12.3. The van der Waals surface area contributed by atoms with Crippen molar-refractivity contribution < 1.29 is 8.42 Å². The SMILES string of the molecule is CNc1cccc(-c2cc(C)c3nc(NC4=CCC(S(=O)(=O)NCCN5CCCC5)C=C4)nnc3c2)c1. The highest BCUT2D eigenvalue weighted by Gasteiger charge is 2.24. The lowest BCUT2D eigenvalue weighted by Gasteiger charge is -2.19. The predicted octanol–water partition coefficient (Wildman–Crippen LogP) is 3.68. The molecule has 1 atom stereocenters. The first-order chi connectivity index (χ1) is 17.9. The van der Waals surface area contributed by atoms with Crippen molar-refractivity contribution in [3.63, 3.8) is 0 Å². The molecule has 1 aliphatic carbocycles. The summed E-state index contributed by atoms with van der Waals surface area (Å²) in [5, 5.41) is 14.4. The minimum absolute atomic E-state index is 0.376. The van der Waals surface area contributed by atoms with Gasteiger partial charge in [-0.1, -0.05) is 24.3 Å². The lowest BCUT2D eigenvalue weighted by Crippen LogP contribution is -2.38. The van der Waals surface area contributed by atoms with Crippen LogP contribution in [0.3, 0.4) is 0 Å². The number of rotatable bonds is 9. The zero-order valence-electron chi connectivity index (χ0n) is 21.2. The molecule has 2 aliphatic rings. The van der Waals surface area contributed by atoms with Crippen LogP contribution in [0.5, 0.6) is 0 Å². The largest absolute Gasteiger partial charge is 0.388 e. The van der Waals surface area contributed by atoms with E-state index in [1.807, 2.05) is 38.2 Å². The number of nitrogens with zero attached hydrogens (tertiary/aromatic N) is 4. The van der Waals surface area contributed by atoms with E-state index in [1.165, 1.54) is 12.8 Å². The van der Waals surface area contributed by atoms with E-state index in [2.05, 4.69) is 53.6 Å². The van der Waals surface area contributed by atoms with Gasteiger partial charge in [0.1, 0.15) is 5.52 Å². The summed E-state index contributed by atoms with van der Waals surface area (Å²) in [5.74, 6) is 0.376. The van der Waals surface area contributed by atoms with Crippen LogP contribution in [0.15, 0.2) is 60.3 Å². The van der Waals surface area contributed by atoms with Crippen molar-refractivity contribution in [1.82, 2.24) is 24.8 Å². The first-order valence-corrected chi connectivity index (χ1v) is 14.3. The Bertz CT molecular complexity index is 1450. The Labute approximate surface area is 218 Å². The van der Waals surface area contributed by atoms with Gasteiger partial charge in [-0.15, -0.1) is 10.2 Å². The molecule has 3 aromatic rings. The molecule has 0 radical (unpaired) electrons. The summed E-state index contributed by atoms with van der Waals surface area (Å²) in [5.41, 5.74) is 6.43. The Morgan fingerprint density at radius 2 is 1.92 bits per heavy atom. The van der Waals surface area contributed by atoms with Crippen LogP contribution in [0.1, 0.15) is 24.8 Å². The molecule has 3 N–H and O–H groups in total. The van der Waals surface area contributed by atoms with Gasteiger partial charge in [-0.2, -0.15) is 0 Å². The standard InChI is InChI=1S/C27H33N7O2S/c1-19-16-21(20-6-5-7-23(17-20)28-2)18-25-26(19)31-27(33-32-25)30-22-8-10-24(11-9-22)37(35,36)29-12-15-34-13-3-4-14-34/h5-10,16-18,24,28-29H,3-4,11-15H2,1-2H3,(H,30,31,33). The number of sulfonamides is 1. The van der Waals surface area contributed by atoms with Gasteiger partial charge in [0, 0.05) is 31.5 Å². The number of aryl methyl sites for hydroxylation is 1. The number of nitrogens with one attached hydrogen (secondary N) is 3. The number of anilines is 2. The van der Waals surface area contributed by atoms with Gasteiger partial charge in [0.25, 0.3) is 0 Å². The second-order valence-corrected chi connectivity index (χ2v) is 11.5. The van der Waals surface area contributed by atoms with Gasteiger partial charge < -0.3 is 15.5 Å². The zero-order chi connectivity index (χ0) is 25.8. The number of allylic oxidation sites excluding steroid dienone is 2. The van der Waals surface area contributed by atoms with E-state index in [1.54, 1.807) is 12.2 Å². The average Bonchev–Trinajstić information content (AvgIpc) is 3.43. The molecule has 2 aromatic carbocycles. The van der Waals surface area contributed by atoms with Crippen LogP contribution < -0.4 is 15.4 Å². The third-order valence-corrected chi connectivity index (χ3v) is 8.63. The molecule has 10 heteroatoms. The summed E-state index contributed by atoms with van der Waals surface area (Å²) in [6.07, 6.45) is 8.12. The first-order valence-electron chi connectivity index (χ1n) is 12.7. The van der Waals surface area contributed by atoms with Crippen molar-refractivity contribution in [3.8, 4) is 11.1 Å². The van der Waals surface area contributed by atoms with Crippen molar-refractivity contribution in [3.05, 3.63) is 65.9 Å². The van der Waals surface area contributed by atoms with Crippen LogP contribution in [-0.2, 0) is 10.0 Å². The van der Waals surface area contributed by atoms with Crippen LogP contribution in [0.4, 0.5) is 11.6 Å². The molecular formula is C27H33N7O2S. The quantitative estimate of drug-likeness (QED) is 0.393. The maximum Gasteiger partial charge on any atom is 0.247 e. The van der Waals surface area contributed by atoms with Crippen LogP contribution in [0.25, 0.3) is 22.2 Å². The van der Waals surface area contributed by atoms with Gasteiger partial charge >= 0.3 is 0 Å². The second-order valence-electron chi connectivity index (χ2n) is 9.53. The fourth-order valence-corrected chi connectivity index (χ4v) is 6.02. The number of likely N-dealkylation sites (tertiary alicyclic amines) is 1. The molecule has 1 aromatic heterocycles. The number of aromatic nitrogens is 3. The van der Waals surface area contributed by atoms with Crippen LogP contribution >= 0.6 is 0 Å². The van der Waals surface area contributed by atoms with Crippen molar-refractivity contribution in [2.75, 3.05) is 43.9 Å². The molecule has 0 bridgehead atoms. The van der Waals surface area contributed by atoms with Crippen LogP contribution in [0, 0.1) is 6.92 Å². The summed E-state index contributed by atoms with van der Waals surface area (Å²) in [6.45, 7) is 5.33. The average molecular weight is 520 g/mol. The minimum Gasteiger partial charge on any atom is -0.388 e. The van der Waals surface area contributed by atoms with Crippen molar-refractivity contribution in [2.45, 2.75) is 31.4 Å². The molecule has 0 saturated carbocycles. The molecule has 0 spiro atoms. The van der Waals surface area contributed by atoms with E-state index in [-0.39, 0.29) is 0 Å². The number of hydrogen-bond acceptors (Lipinski definition) is 8. The lowest BCUT2D eigenvalue weighted by molar-refractivity contribution is 0.344. The monoisotopic (exact) mass is 519 g/mol. The minimum atomic E-state index is -3.42. The summed E-state index contributed by atoms with van der Waals surface area (Å²) < 4.78 is 28.2. The predicted molar refractivity (Wildman–Crippen MR) is 149 cm³/mol. The molecule has 2 heterocycles.